The number of halogens is 1. The van der Waals surface area contributed by atoms with Gasteiger partial charge in [0, 0.05) is 6.54 Å². The van der Waals surface area contributed by atoms with Crippen molar-refractivity contribution in [2.24, 2.45) is 5.92 Å². The average Bonchev–Trinajstić information content (AvgIpc) is 2.87. The standard InChI is InChI=1S/C14H25NO4.ClH/c1-2-18-14(17)11-5-7-13(8-6-11)19-15-9-3-4-12(15)10-16;/h11-13,16H,2-10H2,1H3;1H. The van der Waals surface area contributed by atoms with Gasteiger partial charge in [-0.1, -0.05) is 0 Å². The fraction of sp³-hybridized carbons (Fsp3) is 0.929. The summed E-state index contributed by atoms with van der Waals surface area (Å²) in [4.78, 5) is 17.6. The number of rotatable bonds is 5. The van der Waals surface area contributed by atoms with E-state index in [9.17, 15) is 9.90 Å². The van der Waals surface area contributed by atoms with Crippen LogP contribution in [0.1, 0.15) is 45.4 Å². The van der Waals surface area contributed by atoms with E-state index in [2.05, 4.69) is 0 Å². The molecular formula is C14H26ClNO4. The maximum Gasteiger partial charge on any atom is 0.308 e. The van der Waals surface area contributed by atoms with Gasteiger partial charge in [0.25, 0.3) is 0 Å². The van der Waals surface area contributed by atoms with Crippen molar-refractivity contribution < 1.29 is 19.5 Å². The molecule has 1 atom stereocenters. The molecule has 2 rings (SSSR count). The summed E-state index contributed by atoms with van der Waals surface area (Å²) in [5, 5.41) is 11.2. The fourth-order valence-corrected chi connectivity index (χ4v) is 2.99. The van der Waals surface area contributed by atoms with E-state index in [0.717, 1.165) is 45.1 Å². The zero-order valence-electron chi connectivity index (χ0n) is 12.1. The van der Waals surface area contributed by atoms with Crippen molar-refractivity contribution in [2.45, 2.75) is 57.6 Å². The summed E-state index contributed by atoms with van der Waals surface area (Å²) in [7, 11) is 0. The Labute approximate surface area is 127 Å². The van der Waals surface area contributed by atoms with Crippen LogP contribution in [0.3, 0.4) is 0 Å². The average molecular weight is 308 g/mol. The SMILES string of the molecule is CCOC(=O)C1CCC(ON2CCCC2CO)CC1.Cl. The molecule has 2 fully saturated rings. The van der Waals surface area contributed by atoms with Crippen molar-refractivity contribution >= 4 is 18.4 Å². The van der Waals surface area contributed by atoms with E-state index in [-0.39, 0.29) is 43.0 Å². The number of nitrogens with zero attached hydrogens (tertiary/aromatic N) is 1. The minimum Gasteiger partial charge on any atom is -0.466 e. The lowest BCUT2D eigenvalue weighted by atomic mass is 9.87. The van der Waals surface area contributed by atoms with Crippen LogP contribution in [0.5, 0.6) is 0 Å². The lowest BCUT2D eigenvalue weighted by Gasteiger charge is -2.32. The van der Waals surface area contributed by atoms with E-state index in [1.54, 1.807) is 0 Å². The van der Waals surface area contributed by atoms with Gasteiger partial charge in [-0.05, 0) is 45.4 Å². The van der Waals surface area contributed by atoms with Gasteiger partial charge < -0.3 is 9.84 Å². The van der Waals surface area contributed by atoms with E-state index in [4.69, 9.17) is 9.57 Å². The van der Waals surface area contributed by atoms with Gasteiger partial charge in [0.2, 0.25) is 0 Å². The van der Waals surface area contributed by atoms with Gasteiger partial charge in [-0.15, -0.1) is 12.4 Å². The second kappa shape index (κ2) is 8.82. The van der Waals surface area contributed by atoms with Crippen molar-refractivity contribution in [1.29, 1.82) is 0 Å². The van der Waals surface area contributed by atoms with Gasteiger partial charge in [-0.2, -0.15) is 5.06 Å². The van der Waals surface area contributed by atoms with Crippen LogP contribution in [-0.4, -0.2) is 48.0 Å². The van der Waals surface area contributed by atoms with E-state index in [1.807, 2.05) is 12.0 Å². The van der Waals surface area contributed by atoms with Crippen LogP contribution in [0.15, 0.2) is 0 Å². The van der Waals surface area contributed by atoms with Crippen molar-refractivity contribution in [2.75, 3.05) is 19.8 Å². The summed E-state index contributed by atoms with van der Waals surface area (Å²) in [5.74, 6) is -0.0117. The van der Waals surface area contributed by atoms with Gasteiger partial charge in [0.05, 0.1) is 31.3 Å². The highest BCUT2D eigenvalue weighted by Crippen LogP contribution is 2.29. The van der Waals surface area contributed by atoms with Crippen LogP contribution in [-0.2, 0) is 14.4 Å². The Hall–Kier alpha value is -0.360. The zero-order valence-corrected chi connectivity index (χ0v) is 12.9. The van der Waals surface area contributed by atoms with Gasteiger partial charge in [-0.25, -0.2) is 0 Å². The summed E-state index contributed by atoms with van der Waals surface area (Å²) >= 11 is 0. The Kier molecular flexibility index (Phi) is 7.80. The molecule has 1 saturated carbocycles. The summed E-state index contributed by atoms with van der Waals surface area (Å²) in [6.45, 7) is 3.37. The molecule has 118 valence electrons. The molecule has 1 N–H and O–H groups in total. The number of ether oxygens (including phenoxy) is 1. The smallest absolute Gasteiger partial charge is 0.308 e. The fourth-order valence-electron chi connectivity index (χ4n) is 2.99. The molecule has 0 amide bonds. The minimum atomic E-state index is -0.0599. The molecule has 0 radical (unpaired) electrons. The van der Waals surface area contributed by atoms with E-state index in [0.29, 0.717) is 6.61 Å². The first kappa shape index (κ1) is 17.7. The maximum absolute atomic E-state index is 11.6. The van der Waals surface area contributed by atoms with Crippen molar-refractivity contribution in [3.05, 3.63) is 0 Å². The second-order valence-corrected chi connectivity index (χ2v) is 5.45. The number of hydrogen-bond donors (Lipinski definition) is 1. The predicted octanol–water partition coefficient (Wildman–Crippen LogP) is 1.92. The molecule has 0 bridgehead atoms. The van der Waals surface area contributed by atoms with Crippen LogP contribution in [0.4, 0.5) is 0 Å². The monoisotopic (exact) mass is 307 g/mol. The molecule has 2 aliphatic rings. The van der Waals surface area contributed by atoms with Crippen LogP contribution in [0.25, 0.3) is 0 Å². The molecule has 1 aliphatic carbocycles. The Bertz CT molecular complexity index is 295. The maximum atomic E-state index is 11.6. The van der Waals surface area contributed by atoms with E-state index < -0.39 is 0 Å². The molecule has 1 unspecified atom stereocenters. The molecule has 0 aromatic heterocycles. The molecule has 6 heteroatoms. The Balaban J connectivity index is 0.00000200. The van der Waals surface area contributed by atoms with Crippen molar-refractivity contribution in [3.8, 4) is 0 Å². The van der Waals surface area contributed by atoms with Crippen molar-refractivity contribution in [1.82, 2.24) is 5.06 Å². The Morgan fingerprint density at radius 3 is 2.55 bits per heavy atom. The van der Waals surface area contributed by atoms with Gasteiger partial charge >= 0.3 is 5.97 Å². The molecule has 1 aliphatic heterocycles. The molecule has 1 saturated heterocycles. The molecule has 20 heavy (non-hydrogen) atoms. The molecular weight excluding hydrogens is 282 g/mol. The Morgan fingerprint density at radius 1 is 1.25 bits per heavy atom. The van der Waals surface area contributed by atoms with Crippen LogP contribution < -0.4 is 0 Å². The van der Waals surface area contributed by atoms with Gasteiger partial charge in [0.15, 0.2) is 0 Å². The quantitative estimate of drug-likeness (QED) is 0.786. The minimum absolute atomic E-state index is 0. The molecule has 5 nitrogen and oxygen atoms in total. The number of aliphatic hydroxyl groups is 1. The number of hydrogen-bond acceptors (Lipinski definition) is 5. The third-order valence-corrected chi connectivity index (χ3v) is 4.11. The number of hydroxylamine groups is 2. The highest BCUT2D eigenvalue weighted by molar-refractivity contribution is 5.85. The number of aliphatic hydroxyl groups excluding tert-OH is 1. The third kappa shape index (κ3) is 4.58. The van der Waals surface area contributed by atoms with Crippen LogP contribution in [0.2, 0.25) is 0 Å². The summed E-state index contributed by atoms with van der Waals surface area (Å²) in [6, 6.07) is 0.155. The first-order chi connectivity index (χ1) is 9.24. The lowest BCUT2D eigenvalue weighted by Crippen LogP contribution is -2.38. The third-order valence-electron chi connectivity index (χ3n) is 4.11. The first-order valence-corrected chi connectivity index (χ1v) is 7.45. The molecule has 0 spiro atoms. The first-order valence-electron chi connectivity index (χ1n) is 7.45. The van der Waals surface area contributed by atoms with Gasteiger partial charge in [-0.3, -0.25) is 9.63 Å². The highest BCUT2D eigenvalue weighted by atomic mass is 35.5. The predicted molar refractivity (Wildman–Crippen MR) is 77.5 cm³/mol. The number of carbonyl (C=O) groups is 1. The van der Waals surface area contributed by atoms with Gasteiger partial charge in [0.1, 0.15) is 0 Å². The Morgan fingerprint density at radius 2 is 1.95 bits per heavy atom. The number of esters is 1. The molecule has 1 heterocycles. The largest absolute Gasteiger partial charge is 0.466 e. The van der Waals surface area contributed by atoms with Crippen LogP contribution in [0, 0.1) is 5.92 Å². The number of carbonyl (C=O) groups excluding carboxylic acids is 1. The summed E-state index contributed by atoms with van der Waals surface area (Å²) in [6.07, 6.45) is 5.79. The molecule has 0 aromatic carbocycles. The lowest BCUT2D eigenvalue weighted by molar-refractivity contribution is -0.219. The second-order valence-electron chi connectivity index (χ2n) is 5.45. The highest BCUT2D eigenvalue weighted by Gasteiger charge is 2.32. The topological polar surface area (TPSA) is 59.0 Å². The van der Waals surface area contributed by atoms with Crippen molar-refractivity contribution in [3.63, 3.8) is 0 Å². The normalized spacial score (nSPS) is 30.8. The van der Waals surface area contributed by atoms with E-state index >= 15 is 0 Å². The zero-order chi connectivity index (χ0) is 13.7. The molecule has 0 aromatic rings. The summed E-state index contributed by atoms with van der Waals surface area (Å²) in [5.41, 5.74) is 0. The summed E-state index contributed by atoms with van der Waals surface area (Å²) < 4.78 is 5.06. The van der Waals surface area contributed by atoms with E-state index in [1.165, 1.54) is 0 Å². The van der Waals surface area contributed by atoms with Crippen LogP contribution >= 0.6 is 12.4 Å².